The summed E-state index contributed by atoms with van der Waals surface area (Å²) in [6.07, 6.45) is 5.88. The highest BCUT2D eigenvalue weighted by Crippen LogP contribution is 2.29. The first kappa shape index (κ1) is 21.3. The van der Waals surface area contributed by atoms with Gasteiger partial charge in [-0.15, -0.1) is 0 Å². The molecule has 32 heavy (non-hydrogen) atoms. The third-order valence-electron chi connectivity index (χ3n) is 6.26. The van der Waals surface area contributed by atoms with E-state index in [0.717, 1.165) is 42.9 Å². The summed E-state index contributed by atoms with van der Waals surface area (Å²) in [5.74, 6) is 1.64. The average molecular weight is 470 g/mol. The monoisotopic (exact) mass is 469 g/mol. The summed E-state index contributed by atoms with van der Waals surface area (Å²) < 4.78 is 2.27. The van der Waals surface area contributed by atoms with Crippen LogP contribution in [0.25, 0.3) is 11.4 Å². The van der Waals surface area contributed by atoms with E-state index in [2.05, 4.69) is 26.6 Å². The standard InChI is InChI=1S/C24H25Cl2N5O/c25-18-15-19(26)23(27-16-18)29-11-13-30(14-12-29)24(32)21-20-9-5-2-6-10-31(20)22(28-21)17-7-3-1-4-8-17/h1,3-4,7-8,15-16H,2,5-6,9-14H2. The van der Waals surface area contributed by atoms with Gasteiger partial charge in [0.2, 0.25) is 0 Å². The Kier molecular flexibility index (Phi) is 6.07. The molecule has 1 fully saturated rings. The van der Waals surface area contributed by atoms with Crippen LogP contribution in [0.3, 0.4) is 0 Å². The lowest BCUT2D eigenvalue weighted by molar-refractivity contribution is 0.0740. The number of carbonyl (C=O) groups excluding carboxylic acids is 1. The van der Waals surface area contributed by atoms with Gasteiger partial charge in [-0.1, -0.05) is 60.0 Å². The van der Waals surface area contributed by atoms with E-state index >= 15 is 0 Å². The molecule has 0 aliphatic carbocycles. The Morgan fingerprint density at radius 2 is 1.72 bits per heavy atom. The van der Waals surface area contributed by atoms with Crippen molar-refractivity contribution in [2.24, 2.45) is 0 Å². The van der Waals surface area contributed by atoms with Gasteiger partial charge in [-0.2, -0.15) is 0 Å². The Morgan fingerprint density at radius 3 is 2.47 bits per heavy atom. The second kappa shape index (κ2) is 9.12. The molecule has 1 aromatic carbocycles. The van der Waals surface area contributed by atoms with Crippen molar-refractivity contribution in [3.05, 3.63) is 64.0 Å². The van der Waals surface area contributed by atoms with E-state index in [-0.39, 0.29) is 5.91 Å². The largest absolute Gasteiger partial charge is 0.352 e. The van der Waals surface area contributed by atoms with E-state index in [9.17, 15) is 4.79 Å². The van der Waals surface area contributed by atoms with Crippen molar-refractivity contribution >= 4 is 34.9 Å². The third-order valence-corrected chi connectivity index (χ3v) is 6.74. The molecule has 2 aromatic heterocycles. The van der Waals surface area contributed by atoms with Gasteiger partial charge in [0.25, 0.3) is 5.91 Å². The number of imidazole rings is 1. The zero-order valence-corrected chi connectivity index (χ0v) is 19.3. The predicted molar refractivity (Wildman–Crippen MR) is 128 cm³/mol. The van der Waals surface area contributed by atoms with Gasteiger partial charge < -0.3 is 14.4 Å². The number of amides is 1. The maximum atomic E-state index is 13.6. The van der Waals surface area contributed by atoms with E-state index in [0.29, 0.717) is 47.7 Å². The molecule has 0 unspecified atom stereocenters. The molecular formula is C24H25Cl2N5O. The van der Waals surface area contributed by atoms with E-state index in [1.165, 1.54) is 6.42 Å². The Balaban J connectivity index is 1.38. The Morgan fingerprint density at radius 1 is 0.938 bits per heavy atom. The van der Waals surface area contributed by atoms with Crippen molar-refractivity contribution in [1.82, 2.24) is 19.4 Å². The predicted octanol–water partition coefficient (Wildman–Crippen LogP) is 4.94. The van der Waals surface area contributed by atoms with Crippen molar-refractivity contribution in [1.29, 1.82) is 0 Å². The smallest absolute Gasteiger partial charge is 0.274 e. The van der Waals surface area contributed by atoms with Crippen LogP contribution in [0.1, 0.15) is 35.4 Å². The van der Waals surface area contributed by atoms with Crippen LogP contribution in [0.15, 0.2) is 42.6 Å². The number of anilines is 1. The van der Waals surface area contributed by atoms with Crippen LogP contribution >= 0.6 is 23.2 Å². The summed E-state index contributed by atoms with van der Waals surface area (Å²) in [5, 5.41) is 1.05. The zero-order chi connectivity index (χ0) is 22.1. The number of pyridine rings is 1. The minimum absolute atomic E-state index is 0.0210. The first-order valence-electron chi connectivity index (χ1n) is 11.1. The van der Waals surface area contributed by atoms with Crippen molar-refractivity contribution < 1.29 is 4.79 Å². The van der Waals surface area contributed by atoms with E-state index < -0.39 is 0 Å². The summed E-state index contributed by atoms with van der Waals surface area (Å²) >= 11 is 12.3. The SMILES string of the molecule is O=C(c1nc(-c2ccccc2)n2c1CCCCC2)N1CCN(c2ncc(Cl)cc2Cl)CC1. The number of fused-ring (bicyclic) bond motifs is 1. The van der Waals surface area contributed by atoms with Gasteiger partial charge in [-0.25, -0.2) is 9.97 Å². The molecule has 166 valence electrons. The quantitative estimate of drug-likeness (QED) is 0.544. The summed E-state index contributed by atoms with van der Waals surface area (Å²) in [4.78, 5) is 26.8. The highest BCUT2D eigenvalue weighted by atomic mass is 35.5. The Hall–Kier alpha value is -2.57. The molecule has 0 saturated carbocycles. The fourth-order valence-electron chi connectivity index (χ4n) is 4.61. The molecule has 0 radical (unpaired) electrons. The molecule has 0 bridgehead atoms. The summed E-state index contributed by atoms with van der Waals surface area (Å²) in [5.41, 5.74) is 2.75. The molecule has 0 N–H and O–H groups in total. The van der Waals surface area contributed by atoms with Gasteiger partial charge in [0.15, 0.2) is 0 Å². The number of piperazine rings is 1. The lowest BCUT2D eigenvalue weighted by atomic mass is 10.1. The molecule has 2 aliphatic rings. The molecule has 5 rings (SSSR count). The topological polar surface area (TPSA) is 54.3 Å². The lowest BCUT2D eigenvalue weighted by Gasteiger charge is -2.35. The normalized spacial score (nSPS) is 16.6. The number of aromatic nitrogens is 3. The number of carbonyl (C=O) groups is 1. The van der Waals surface area contributed by atoms with Crippen LogP contribution < -0.4 is 4.90 Å². The summed E-state index contributed by atoms with van der Waals surface area (Å²) in [6, 6.07) is 11.9. The van der Waals surface area contributed by atoms with Crippen LogP contribution in [-0.2, 0) is 13.0 Å². The lowest BCUT2D eigenvalue weighted by Crippen LogP contribution is -2.49. The van der Waals surface area contributed by atoms with Gasteiger partial charge in [0.05, 0.1) is 15.7 Å². The van der Waals surface area contributed by atoms with Gasteiger partial charge >= 0.3 is 0 Å². The third kappa shape index (κ3) is 4.09. The van der Waals surface area contributed by atoms with Crippen LogP contribution in [0, 0.1) is 0 Å². The van der Waals surface area contributed by atoms with Crippen LogP contribution in [0.4, 0.5) is 5.82 Å². The molecule has 3 aromatic rings. The molecule has 1 saturated heterocycles. The minimum Gasteiger partial charge on any atom is -0.352 e. The zero-order valence-electron chi connectivity index (χ0n) is 17.8. The molecule has 6 nitrogen and oxygen atoms in total. The van der Waals surface area contributed by atoms with Gasteiger partial charge in [0, 0.05) is 44.5 Å². The average Bonchev–Trinajstić information content (AvgIpc) is 3.00. The van der Waals surface area contributed by atoms with Gasteiger partial charge in [-0.3, -0.25) is 4.79 Å². The molecular weight excluding hydrogens is 445 g/mol. The molecule has 8 heteroatoms. The number of hydrogen-bond donors (Lipinski definition) is 0. The maximum absolute atomic E-state index is 13.6. The summed E-state index contributed by atoms with van der Waals surface area (Å²) in [6.45, 7) is 3.45. The molecule has 4 heterocycles. The molecule has 2 aliphatic heterocycles. The van der Waals surface area contributed by atoms with Crippen molar-refractivity contribution in [2.45, 2.75) is 32.2 Å². The van der Waals surface area contributed by atoms with Crippen LogP contribution in [0.2, 0.25) is 10.0 Å². The number of halogens is 2. The first-order valence-corrected chi connectivity index (χ1v) is 11.9. The maximum Gasteiger partial charge on any atom is 0.274 e. The van der Waals surface area contributed by atoms with E-state index in [4.69, 9.17) is 28.2 Å². The Bertz CT molecular complexity index is 1120. The fraction of sp³-hybridized carbons (Fsp3) is 0.375. The molecule has 1 amide bonds. The van der Waals surface area contributed by atoms with Gasteiger partial charge in [-0.05, 0) is 25.3 Å². The first-order chi connectivity index (χ1) is 15.6. The van der Waals surface area contributed by atoms with Crippen molar-refractivity contribution in [3.63, 3.8) is 0 Å². The van der Waals surface area contributed by atoms with E-state index in [1.54, 1.807) is 12.3 Å². The highest BCUT2D eigenvalue weighted by molar-refractivity contribution is 6.36. The van der Waals surface area contributed by atoms with E-state index in [1.807, 2.05) is 23.1 Å². The highest BCUT2D eigenvalue weighted by Gasteiger charge is 2.30. The second-order valence-electron chi connectivity index (χ2n) is 8.30. The second-order valence-corrected chi connectivity index (χ2v) is 9.14. The number of rotatable bonds is 3. The minimum atomic E-state index is 0.0210. The summed E-state index contributed by atoms with van der Waals surface area (Å²) in [7, 11) is 0. The number of hydrogen-bond acceptors (Lipinski definition) is 4. The van der Waals surface area contributed by atoms with Crippen LogP contribution in [-0.4, -0.2) is 51.5 Å². The van der Waals surface area contributed by atoms with Gasteiger partial charge in [0.1, 0.15) is 17.3 Å². The molecule has 0 spiro atoms. The number of nitrogens with zero attached hydrogens (tertiary/aromatic N) is 5. The Labute approximate surface area is 197 Å². The van der Waals surface area contributed by atoms with Crippen molar-refractivity contribution in [2.75, 3.05) is 31.1 Å². The van der Waals surface area contributed by atoms with Crippen LogP contribution in [0.5, 0.6) is 0 Å². The molecule has 0 atom stereocenters. The fourth-order valence-corrected chi connectivity index (χ4v) is 5.11. The van der Waals surface area contributed by atoms with Crippen molar-refractivity contribution in [3.8, 4) is 11.4 Å². The number of benzene rings is 1.